The van der Waals surface area contributed by atoms with Crippen molar-refractivity contribution < 1.29 is 18.7 Å². The molecule has 38 heavy (non-hydrogen) atoms. The number of hydrogen-bond acceptors (Lipinski definition) is 9. The van der Waals surface area contributed by atoms with Crippen LogP contribution in [-0.2, 0) is 16.2 Å². The van der Waals surface area contributed by atoms with Gasteiger partial charge in [0.15, 0.2) is 11.4 Å². The van der Waals surface area contributed by atoms with Crippen LogP contribution < -0.4 is 16.0 Å². The molecule has 3 aromatic heterocycles. The van der Waals surface area contributed by atoms with Crippen LogP contribution in [-0.4, -0.2) is 58.8 Å². The van der Waals surface area contributed by atoms with Crippen molar-refractivity contribution in [2.45, 2.75) is 59.2 Å². The molecule has 0 aliphatic carbocycles. The second-order valence-electron chi connectivity index (χ2n) is 11.3. The summed E-state index contributed by atoms with van der Waals surface area (Å²) < 4.78 is 18.6. The van der Waals surface area contributed by atoms with E-state index in [-0.39, 0.29) is 0 Å². The molecule has 0 fully saturated rings. The Morgan fingerprint density at radius 3 is 2.71 bits per heavy atom. The molecule has 12 heteroatoms. The van der Waals surface area contributed by atoms with Gasteiger partial charge in [-0.1, -0.05) is 19.6 Å². The van der Waals surface area contributed by atoms with Gasteiger partial charge >= 0.3 is 6.09 Å². The van der Waals surface area contributed by atoms with Crippen LogP contribution in [0.15, 0.2) is 41.1 Å². The minimum Gasteiger partial charge on any atom is -0.459 e. The molecule has 3 heterocycles. The molecule has 4 aromatic rings. The van der Waals surface area contributed by atoms with E-state index in [2.05, 4.69) is 50.7 Å². The van der Waals surface area contributed by atoms with Gasteiger partial charge in [-0.05, 0) is 45.4 Å². The smallest absolute Gasteiger partial charge is 0.407 e. The zero-order valence-electron chi connectivity index (χ0n) is 22.9. The van der Waals surface area contributed by atoms with Crippen molar-refractivity contribution in [3.05, 3.63) is 36.7 Å². The normalized spacial score (nSPS) is 12.2. The molecule has 0 bridgehead atoms. The second kappa shape index (κ2) is 11.4. The SMILES string of the molecule is CC(C)(C)OC(=O)NCCCNc1nc(Nc2ccc3cnn(COC[Si](C)(C)C)c3c2)nc2ccoc12. The lowest BCUT2D eigenvalue weighted by atomic mass is 10.2. The van der Waals surface area contributed by atoms with Gasteiger partial charge in [-0.3, -0.25) is 0 Å². The Morgan fingerprint density at radius 2 is 1.95 bits per heavy atom. The van der Waals surface area contributed by atoms with Crippen molar-refractivity contribution in [1.29, 1.82) is 0 Å². The quantitative estimate of drug-likeness (QED) is 0.167. The number of rotatable bonds is 11. The van der Waals surface area contributed by atoms with E-state index in [0.29, 0.717) is 49.1 Å². The lowest BCUT2D eigenvalue weighted by Gasteiger charge is -2.19. The molecule has 0 saturated carbocycles. The number of anilines is 3. The van der Waals surface area contributed by atoms with Crippen LogP contribution in [0.25, 0.3) is 22.0 Å². The maximum atomic E-state index is 11.8. The maximum Gasteiger partial charge on any atom is 0.407 e. The van der Waals surface area contributed by atoms with Gasteiger partial charge in [0.05, 0.1) is 26.1 Å². The monoisotopic (exact) mass is 539 g/mol. The molecule has 0 saturated heterocycles. The van der Waals surface area contributed by atoms with E-state index in [1.807, 2.05) is 49.8 Å². The molecule has 4 rings (SSSR count). The Bertz CT molecular complexity index is 1390. The molecular weight excluding hydrogens is 502 g/mol. The minimum absolute atomic E-state index is 0.408. The molecule has 0 unspecified atom stereocenters. The number of nitrogens with one attached hydrogen (secondary N) is 3. The first-order chi connectivity index (χ1) is 18.0. The zero-order valence-corrected chi connectivity index (χ0v) is 23.9. The highest BCUT2D eigenvalue weighted by Crippen LogP contribution is 2.26. The summed E-state index contributed by atoms with van der Waals surface area (Å²) in [5.41, 5.74) is 2.53. The topological polar surface area (TPSA) is 128 Å². The van der Waals surface area contributed by atoms with Crippen molar-refractivity contribution in [2.24, 2.45) is 0 Å². The fraction of sp³-hybridized carbons (Fsp3) is 0.462. The van der Waals surface area contributed by atoms with Gasteiger partial charge < -0.3 is 29.8 Å². The van der Waals surface area contributed by atoms with E-state index < -0.39 is 19.8 Å². The Kier molecular flexibility index (Phi) is 8.22. The molecule has 11 nitrogen and oxygen atoms in total. The fourth-order valence-electron chi connectivity index (χ4n) is 3.66. The van der Waals surface area contributed by atoms with Crippen LogP contribution >= 0.6 is 0 Å². The van der Waals surface area contributed by atoms with Gasteiger partial charge in [-0.2, -0.15) is 10.1 Å². The number of furan rings is 1. The number of aromatic nitrogens is 4. The first-order valence-electron chi connectivity index (χ1n) is 12.7. The van der Waals surface area contributed by atoms with Crippen LogP contribution in [0, 0.1) is 0 Å². The summed E-state index contributed by atoms with van der Waals surface area (Å²) in [6.07, 6.45) is 4.45. The largest absolute Gasteiger partial charge is 0.459 e. The van der Waals surface area contributed by atoms with E-state index in [1.165, 1.54) is 0 Å². The average Bonchev–Trinajstić information content (AvgIpc) is 3.44. The van der Waals surface area contributed by atoms with Gasteiger partial charge in [0.1, 0.15) is 17.8 Å². The molecule has 0 radical (unpaired) electrons. The molecular formula is C26H37N7O4Si. The number of nitrogens with zero attached hydrogens (tertiary/aromatic N) is 4. The number of ether oxygens (including phenoxy) is 2. The first kappa shape index (κ1) is 27.4. The summed E-state index contributed by atoms with van der Waals surface area (Å²) >= 11 is 0. The summed E-state index contributed by atoms with van der Waals surface area (Å²) in [7, 11) is -1.30. The van der Waals surface area contributed by atoms with Crippen molar-refractivity contribution in [3.63, 3.8) is 0 Å². The Morgan fingerprint density at radius 1 is 1.13 bits per heavy atom. The third kappa shape index (κ3) is 7.68. The summed E-state index contributed by atoms with van der Waals surface area (Å²) in [6, 6.07) is 7.78. The van der Waals surface area contributed by atoms with E-state index >= 15 is 0 Å². The molecule has 0 spiro atoms. The third-order valence-electron chi connectivity index (χ3n) is 5.27. The van der Waals surface area contributed by atoms with Crippen molar-refractivity contribution in [3.8, 4) is 0 Å². The molecule has 204 valence electrons. The highest BCUT2D eigenvalue weighted by molar-refractivity contribution is 6.76. The number of alkyl carbamates (subject to hydrolysis) is 1. The first-order valence-corrected chi connectivity index (χ1v) is 16.4. The minimum atomic E-state index is -1.30. The van der Waals surface area contributed by atoms with Crippen LogP contribution in [0.2, 0.25) is 19.6 Å². The van der Waals surface area contributed by atoms with Crippen LogP contribution in [0.3, 0.4) is 0 Å². The maximum absolute atomic E-state index is 11.8. The number of benzene rings is 1. The summed E-state index contributed by atoms with van der Waals surface area (Å²) in [5, 5.41) is 14.9. The number of carbonyl (C=O) groups excluding carboxylic acids is 1. The molecule has 1 amide bonds. The number of carbonyl (C=O) groups is 1. The highest BCUT2D eigenvalue weighted by atomic mass is 28.3. The lowest BCUT2D eigenvalue weighted by molar-refractivity contribution is 0.0527. The summed E-state index contributed by atoms with van der Waals surface area (Å²) in [5.74, 6) is 1.01. The molecule has 1 aromatic carbocycles. The van der Waals surface area contributed by atoms with E-state index in [9.17, 15) is 4.79 Å². The van der Waals surface area contributed by atoms with Crippen molar-refractivity contribution in [1.82, 2.24) is 25.1 Å². The van der Waals surface area contributed by atoms with Gasteiger partial charge in [0, 0.05) is 36.5 Å². The van der Waals surface area contributed by atoms with E-state index in [4.69, 9.17) is 13.9 Å². The number of fused-ring (bicyclic) bond motifs is 2. The Balaban J connectivity index is 1.40. The number of hydrogen-bond donors (Lipinski definition) is 3. The van der Waals surface area contributed by atoms with E-state index in [0.717, 1.165) is 22.8 Å². The van der Waals surface area contributed by atoms with Crippen molar-refractivity contribution >= 4 is 53.6 Å². The standard InChI is InChI=1S/C26H37N7O4Si/c1-26(2,3)37-25(34)28-12-7-11-27-23-22-20(10-13-36-22)31-24(32-23)30-19-9-8-18-15-29-33(21(18)14-19)16-35-17-38(4,5)6/h8-10,13-15H,7,11-12,16-17H2,1-6H3,(H,28,34)(H2,27,30,31,32). The van der Waals surface area contributed by atoms with Crippen LogP contribution in [0.5, 0.6) is 0 Å². The Hall–Kier alpha value is -3.64. The van der Waals surface area contributed by atoms with Gasteiger partial charge in [-0.25, -0.2) is 14.5 Å². The molecule has 0 aliphatic heterocycles. The molecule has 0 aliphatic rings. The average molecular weight is 540 g/mol. The van der Waals surface area contributed by atoms with Crippen LogP contribution in [0.4, 0.5) is 22.2 Å². The Labute approximate surface area is 223 Å². The lowest BCUT2D eigenvalue weighted by Crippen LogP contribution is -2.33. The van der Waals surface area contributed by atoms with E-state index in [1.54, 1.807) is 12.3 Å². The number of amides is 1. The van der Waals surface area contributed by atoms with Gasteiger partial charge in [0.2, 0.25) is 5.95 Å². The van der Waals surface area contributed by atoms with Gasteiger partial charge in [-0.15, -0.1) is 0 Å². The zero-order chi connectivity index (χ0) is 27.3. The summed E-state index contributed by atoms with van der Waals surface area (Å²) in [4.78, 5) is 21.0. The predicted octanol–water partition coefficient (Wildman–Crippen LogP) is 5.49. The van der Waals surface area contributed by atoms with Gasteiger partial charge in [0.25, 0.3) is 0 Å². The summed E-state index contributed by atoms with van der Waals surface area (Å²) in [6.45, 7) is 13.8. The van der Waals surface area contributed by atoms with Crippen LogP contribution in [0.1, 0.15) is 27.2 Å². The molecule has 3 N–H and O–H groups in total. The van der Waals surface area contributed by atoms with Crippen molar-refractivity contribution in [2.75, 3.05) is 30.0 Å². The predicted molar refractivity (Wildman–Crippen MR) is 151 cm³/mol. The fourth-order valence-corrected chi connectivity index (χ4v) is 4.36. The third-order valence-corrected chi connectivity index (χ3v) is 6.34. The highest BCUT2D eigenvalue weighted by Gasteiger charge is 2.16. The second-order valence-corrected chi connectivity index (χ2v) is 16.7. The molecule has 0 atom stereocenters.